The van der Waals surface area contributed by atoms with Gasteiger partial charge in [-0.25, -0.2) is 9.78 Å². The Bertz CT molecular complexity index is 1260. The van der Waals surface area contributed by atoms with Crippen LogP contribution in [0.1, 0.15) is 81.2 Å². The highest BCUT2D eigenvalue weighted by atomic mass is 35.5. The molecule has 0 N–H and O–H groups in total. The number of benzene rings is 1. The van der Waals surface area contributed by atoms with Crippen molar-refractivity contribution in [1.29, 1.82) is 0 Å². The monoisotopic (exact) mass is 529 g/mol. The van der Waals surface area contributed by atoms with Gasteiger partial charge in [0.15, 0.2) is 5.82 Å². The number of carbonyl (C=O) groups is 1. The zero-order valence-electron chi connectivity index (χ0n) is 20.6. The van der Waals surface area contributed by atoms with Gasteiger partial charge in [0.05, 0.1) is 18.8 Å². The minimum atomic E-state index is -0.757. The van der Waals surface area contributed by atoms with Crippen LogP contribution in [-0.2, 0) is 22.7 Å². The highest BCUT2D eigenvalue weighted by Crippen LogP contribution is 2.41. The van der Waals surface area contributed by atoms with E-state index in [9.17, 15) is 4.79 Å². The molecule has 0 radical (unpaired) electrons. The minimum Gasteiger partial charge on any atom is -0.427 e. The van der Waals surface area contributed by atoms with E-state index < -0.39 is 11.8 Å². The molecule has 5 rings (SSSR count). The quantitative estimate of drug-likeness (QED) is 0.279. The number of nitrogens with zero attached hydrogens (tertiary/aromatic N) is 5. The molecule has 3 heterocycles. The Morgan fingerprint density at radius 2 is 1.75 bits per heavy atom. The molecular formula is C26H29Cl2N5O3. The van der Waals surface area contributed by atoms with E-state index in [-0.39, 0.29) is 12.5 Å². The average Bonchev–Trinajstić information content (AvgIpc) is 3.14. The van der Waals surface area contributed by atoms with Crippen LogP contribution in [-0.4, -0.2) is 36.6 Å². The van der Waals surface area contributed by atoms with Gasteiger partial charge in [0.2, 0.25) is 0 Å². The summed E-state index contributed by atoms with van der Waals surface area (Å²) in [4.78, 5) is 22.5. The molecule has 0 amide bonds. The third kappa shape index (κ3) is 5.51. The van der Waals surface area contributed by atoms with Crippen LogP contribution in [0.3, 0.4) is 0 Å². The van der Waals surface area contributed by atoms with Gasteiger partial charge in [0.1, 0.15) is 16.6 Å². The van der Waals surface area contributed by atoms with E-state index >= 15 is 0 Å². The number of ether oxygens (including phenoxy) is 1. The molecule has 1 aliphatic carbocycles. The largest absolute Gasteiger partial charge is 0.528 e. The molecule has 0 saturated heterocycles. The normalized spacial score (nSPS) is 20.2. The van der Waals surface area contributed by atoms with Crippen molar-refractivity contribution in [1.82, 2.24) is 24.8 Å². The molecule has 36 heavy (non-hydrogen) atoms. The van der Waals surface area contributed by atoms with E-state index in [2.05, 4.69) is 25.8 Å². The Hall–Kier alpha value is -2.68. The maximum absolute atomic E-state index is 12.4. The van der Waals surface area contributed by atoms with E-state index in [1.165, 1.54) is 0 Å². The number of fused-ring (bicyclic) bond motifs is 3. The maximum Gasteiger partial charge on any atom is 0.528 e. The van der Waals surface area contributed by atoms with Gasteiger partial charge < -0.3 is 9.57 Å². The molecule has 0 atom stereocenters. The number of hydrogen-bond donors (Lipinski definition) is 0. The van der Waals surface area contributed by atoms with E-state index in [1.54, 1.807) is 25.8 Å². The minimum absolute atomic E-state index is 0.253. The van der Waals surface area contributed by atoms with Crippen molar-refractivity contribution in [2.45, 2.75) is 77.0 Å². The fourth-order valence-corrected chi connectivity index (χ4v) is 5.36. The number of hydroxylamine groups is 2. The SMILES string of the molecule is CC(C)(C)OC(=O)ON1Cc2cc(Cl)ccc2-n2c(nnc2C2CCC(c3cccc(Cl)n3)CC2)C1. The molecule has 10 heteroatoms. The first kappa shape index (κ1) is 25.0. The van der Waals surface area contributed by atoms with Crippen molar-refractivity contribution in [3.8, 4) is 5.69 Å². The number of rotatable bonds is 3. The van der Waals surface area contributed by atoms with Crippen molar-refractivity contribution in [3.05, 3.63) is 69.5 Å². The lowest BCUT2D eigenvalue weighted by Crippen LogP contribution is -2.31. The molecule has 1 saturated carbocycles. The molecule has 2 aliphatic rings. The molecule has 0 unspecified atom stereocenters. The molecule has 190 valence electrons. The summed E-state index contributed by atoms with van der Waals surface area (Å²) < 4.78 is 7.45. The Labute approximate surface area is 220 Å². The van der Waals surface area contributed by atoms with Gasteiger partial charge in [-0.05, 0) is 82.3 Å². The van der Waals surface area contributed by atoms with E-state index in [4.69, 9.17) is 32.8 Å². The summed E-state index contributed by atoms with van der Waals surface area (Å²) in [7, 11) is 0. The highest BCUT2D eigenvalue weighted by molar-refractivity contribution is 6.30. The van der Waals surface area contributed by atoms with Crippen molar-refractivity contribution in [2.75, 3.05) is 0 Å². The number of carbonyl (C=O) groups excluding carboxylic acids is 1. The lowest BCUT2D eigenvalue weighted by molar-refractivity contribution is -0.155. The highest BCUT2D eigenvalue weighted by Gasteiger charge is 2.32. The molecule has 1 aromatic carbocycles. The van der Waals surface area contributed by atoms with Gasteiger partial charge in [0.25, 0.3) is 0 Å². The molecule has 0 spiro atoms. The van der Waals surface area contributed by atoms with Gasteiger partial charge in [-0.3, -0.25) is 4.57 Å². The zero-order valence-corrected chi connectivity index (χ0v) is 22.1. The van der Waals surface area contributed by atoms with Crippen LogP contribution >= 0.6 is 23.2 Å². The number of hydrogen-bond acceptors (Lipinski definition) is 7. The summed E-state index contributed by atoms with van der Waals surface area (Å²) in [5.41, 5.74) is 2.26. The van der Waals surface area contributed by atoms with Crippen LogP contribution in [0, 0.1) is 0 Å². The van der Waals surface area contributed by atoms with Crippen LogP contribution < -0.4 is 0 Å². The summed E-state index contributed by atoms with van der Waals surface area (Å²) in [6.07, 6.45) is 3.19. The van der Waals surface area contributed by atoms with Gasteiger partial charge in [-0.2, -0.15) is 0 Å². The lowest BCUT2D eigenvalue weighted by Gasteiger charge is -2.28. The van der Waals surface area contributed by atoms with E-state index in [0.29, 0.717) is 28.5 Å². The number of aromatic nitrogens is 4. The van der Waals surface area contributed by atoms with Crippen molar-refractivity contribution in [3.63, 3.8) is 0 Å². The van der Waals surface area contributed by atoms with Crippen molar-refractivity contribution >= 4 is 29.4 Å². The Balaban J connectivity index is 1.40. The number of pyridine rings is 1. The molecule has 8 nitrogen and oxygen atoms in total. The van der Waals surface area contributed by atoms with Gasteiger partial charge >= 0.3 is 6.16 Å². The van der Waals surface area contributed by atoms with Gasteiger partial charge in [0, 0.05) is 22.6 Å². The first-order valence-corrected chi connectivity index (χ1v) is 12.9. The van der Waals surface area contributed by atoms with Crippen LogP contribution in [0.4, 0.5) is 4.79 Å². The first-order chi connectivity index (χ1) is 17.2. The first-order valence-electron chi connectivity index (χ1n) is 12.2. The summed E-state index contributed by atoms with van der Waals surface area (Å²) in [5, 5.41) is 11.8. The smallest absolute Gasteiger partial charge is 0.427 e. The third-order valence-corrected chi connectivity index (χ3v) is 6.99. The fraction of sp³-hybridized carbons (Fsp3) is 0.462. The topological polar surface area (TPSA) is 82.4 Å². The van der Waals surface area contributed by atoms with Gasteiger partial charge in [-0.15, -0.1) is 15.3 Å². The zero-order chi connectivity index (χ0) is 25.4. The second-order valence-corrected chi connectivity index (χ2v) is 11.2. The summed E-state index contributed by atoms with van der Waals surface area (Å²) in [5.74, 6) is 2.26. The maximum atomic E-state index is 12.4. The van der Waals surface area contributed by atoms with E-state index in [1.807, 2.05) is 30.3 Å². The van der Waals surface area contributed by atoms with Crippen molar-refractivity contribution < 1.29 is 14.4 Å². The van der Waals surface area contributed by atoms with Crippen LogP contribution in [0.2, 0.25) is 10.2 Å². The fourth-order valence-electron chi connectivity index (χ4n) is 5.00. The summed E-state index contributed by atoms with van der Waals surface area (Å²) in [6.45, 7) is 6.02. The van der Waals surface area contributed by atoms with Crippen LogP contribution in [0.15, 0.2) is 36.4 Å². The standard InChI is InChI=1S/C26H29Cl2N5O3/c1-26(2,3)35-25(34)36-32-14-18-13-19(27)11-12-21(18)33-23(15-32)30-31-24(33)17-9-7-16(8-10-17)20-5-4-6-22(28)29-20/h4-6,11-13,16-17H,7-10,14-15H2,1-3H3. The molecule has 2 aromatic heterocycles. The lowest BCUT2D eigenvalue weighted by atomic mass is 9.80. The molecule has 3 aromatic rings. The second-order valence-electron chi connectivity index (χ2n) is 10.4. The van der Waals surface area contributed by atoms with E-state index in [0.717, 1.165) is 48.5 Å². The Morgan fingerprint density at radius 1 is 1.00 bits per heavy atom. The van der Waals surface area contributed by atoms with Crippen molar-refractivity contribution in [2.24, 2.45) is 0 Å². The number of halogens is 2. The Kier molecular flexibility index (Phi) is 6.94. The van der Waals surface area contributed by atoms with Crippen LogP contribution in [0.25, 0.3) is 5.69 Å². The molecule has 0 bridgehead atoms. The predicted octanol–water partition coefficient (Wildman–Crippen LogP) is 6.59. The third-order valence-electron chi connectivity index (χ3n) is 6.54. The second kappa shape index (κ2) is 10.00. The van der Waals surface area contributed by atoms with Crippen LogP contribution in [0.5, 0.6) is 0 Å². The average molecular weight is 530 g/mol. The molecule has 1 fully saturated rings. The molecule has 1 aliphatic heterocycles. The molecular weight excluding hydrogens is 501 g/mol. The van der Waals surface area contributed by atoms with Gasteiger partial charge in [-0.1, -0.05) is 29.3 Å². The Morgan fingerprint density at radius 3 is 2.47 bits per heavy atom. The predicted molar refractivity (Wildman–Crippen MR) is 136 cm³/mol. The summed E-state index contributed by atoms with van der Waals surface area (Å²) in [6, 6.07) is 11.6. The summed E-state index contributed by atoms with van der Waals surface area (Å²) >= 11 is 12.5.